The highest BCUT2D eigenvalue weighted by Gasteiger charge is 2.44. The molecule has 2 aromatic carbocycles. The molecule has 1 saturated carbocycles. The second-order valence-electron chi connectivity index (χ2n) is 9.31. The zero-order chi connectivity index (χ0) is 24.9. The molecule has 2 amide bonds. The summed E-state index contributed by atoms with van der Waals surface area (Å²) in [5, 5.41) is 3.32. The SMILES string of the molecule is CCCN1C(=O)c2ccccc2[C@@H](C(=O)NC2CCCCC2)[C@H]1c1cc(OC)c(OC)c(OC)c1. The molecule has 1 aliphatic heterocycles. The molecule has 4 rings (SSSR count). The fraction of sp³-hybridized carbons (Fsp3) is 0.500. The van der Waals surface area contributed by atoms with Crippen molar-refractivity contribution in [3.63, 3.8) is 0 Å². The van der Waals surface area contributed by atoms with Gasteiger partial charge < -0.3 is 24.4 Å². The Hall–Kier alpha value is -3.22. The molecular weight excluding hydrogens is 444 g/mol. The Balaban J connectivity index is 1.86. The zero-order valence-corrected chi connectivity index (χ0v) is 21.1. The van der Waals surface area contributed by atoms with E-state index in [2.05, 4.69) is 5.32 Å². The summed E-state index contributed by atoms with van der Waals surface area (Å²) in [6.07, 6.45) is 6.22. The first-order chi connectivity index (χ1) is 17.0. The normalized spacial score (nSPS) is 20.2. The Morgan fingerprint density at radius 1 is 1.00 bits per heavy atom. The molecular formula is C28H36N2O5. The number of carbonyl (C=O) groups is 2. The summed E-state index contributed by atoms with van der Waals surface area (Å²) in [7, 11) is 4.70. The molecule has 7 nitrogen and oxygen atoms in total. The molecule has 0 radical (unpaired) electrons. The van der Waals surface area contributed by atoms with Gasteiger partial charge in [0.15, 0.2) is 11.5 Å². The fourth-order valence-electron chi connectivity index (χ4n) is 5.54. The molecule has 2 aromatic rings. The van der Waals surface area contributed by atoms with E-state index < -0.39 is 12.0 Å². The monoisotopic (exact) mass is 480 g/mol. The van der Waals surface area contributed by atoms with Crippen molar-refractivity contribution in [3.05, 3.63) is 53.1 Å². The standard InChI is InChI=1S/C28H36N2O5/c1-5-15-30-25(18-16-22(33-2)26(35-4)23(17-18)34-3)24(20-13-9-10-14-21(20)28(30)32)27(31)29-19-11-7-6-8-12-19/h9-10,13-14,16-17,19,24-25H,5-8,11-12,15H2,1-4H3,(H,29,31)/t24-,25-/m1/s1. The predicted octanol–water partition coefficient (Wildman–Crippen LogP) is 4.85. The van der Waals surface area contributed by atoms with E-state index in [0.29, 0.717) is 29.4 Å². The first-order valence-corrected chi connectivity index (χ1v) is 12.5. The Labute approximate surface area is 207 Å². The van der Waals surface area contributed by atoms with Crippen molar-refractivity contribution < 1.29 is 23.8 Å². The van der Waals surface area contributed by atoms with E-state index in [4.69, 9.17) is 14.2 Å². The van der Waals surface area contributed by atoms with Gasteiger partial charge in [-0.3, -0.25) is 9.59 Å². The number of hydrogen-bond donors (Lipinski definition) is 1. The van der Waals surface area contributed by atoms with Crippen LogP contribution in [0.25, 0.3) is 0 Å². The van der Waals surface area contributed by atoms with Crippen LogP contribution in [0.3, 0.4) is 0 Å². The molecule has 7 heteroatoms. The van der Waals surface area contributed by atoms with E-state index in [1.807, 2.05) is 48.2 Å². The van der Waals surface area contributed by atoms with E-state index in [1.54, 1.807) is 21.3 Å². The molecule has 188 valence electrons. The van der Waals surface area contributed by atoms with Crippen molar-refractivity contribution in [1.82, 2.24) is 10.2 Å². The second-order valence-corrected chi connectivity index (χ2v) is 9.31. The molecule has 1 heterocycles. The van der Waals surface area contributed by atoms with Crippen LogP contribution < -0.4 is 19.5 Å². The van der Waals surface area contributed by atoms with E-state index >= 15 is 0 Å². The van der Waals surface area contributed by atoms with Gasteiger partial charge in [-0.05, 0) is 48.6 Å². The van der Waals surface area contributed by atoms with Gasteiger partial charge in [0.2, 0.25) is 11.7 Å². The average Bonchev–Trinajstić information content (AvgIpc) is 2.89. The van der Waals surface area contributed by atoms with E-state index in [-0.39, 0.29) is 17.9 Å². The lowest BCUT2D eigenvalue weighted by Crippen LogP contribution is -2.49. The van der Waals surface area contributed by atoms with Crippen LogP contribution in [-0.4, -0.2) is 50.6 Å². The third kappa shape index (κ3) is 4.81. The van der Waals surface area contributed by atoms with Gasteiger partial charge in [-0.15, -0.1) is 0 Å². The van der Waals surface area contributed by atoms with Crippen molar-refractivity contribution in [1.29, 1.82) is 0 Å². The van der Waals surface area contributed by atoms with Crippen molar-refractivity contribution >= 4 is 11.8 Å². The third-order valence-electron chi connectivity index (χ3n) is 7.17. The van der Waals surface area contributed by atoms with Gasteiger partial charge in [0, 0.05) is 18.2 Å². The number of ether oxygens (including phenoxy) is 3. The number of nitrogens with one attached hydrogen (secondary N) is 1. The van der Waals surface area contributed by atoms with Crippen molar-refractivity contribution in [2.45, 2.75) is 63.5 Å². The van der Waals surface area contributed by atoms with Gasteiger partial charge in [0.25, 0.3) is 5.91 Å². The maximum absolute atomic E-state index is 14.0. The predicted molar refractivity (Wildman–Crippen MR) is 134 cm³/mol. The summed E-state index contributed by atoms with van der Waals surface area (Å²) in [6, 6.07) is 10.9. The summed E-state index contributed by atoms with van der Waals surface area (Å²) in [5.74, 6) is 0.804. The molecule has 0 saturated heterocycles. The van der Waals surface area contributed by atoms with E-state index in [1.165, 1.54) is 6.42 Å². The molecule has 1 N–H and O–H groups in total. The molecule has 2 atom stereocenters. The Bertz CT molecular complexity index is 1040. The average molecular weight is 481 g/mol. The van der Waals surface area contributed by atoms with Crippen molar-refractivity contribution in [2.75, 3.05) is 27.9 Å². The lowest BCUT2D eigenvalue weighted by Gasteiger charge is -2.42. The number of benzene rings is 2. The second kappa shape index (κ2) is 11.0. The van der Waals surface area contributed by atoms with Crippen LogP contribution in [0.2, 0.25) is 0 Å². The molecule has 0 bridgehead atoms. The number of rotatable bonds is 8. The Morgan fingerprint density at radius 2 is 1.66 bits per heavy atom. The van der Waals surface area contributed by atoms with Gasteiger partial charge in [-0.2, -0.15) is 0 Å². The summed E-state index contributed by atoms with van der Waals surface area (Å²) >= 11 is 0. The minimum absolute atomic E-state index is 0.0447. The van der Waals surface area contributed by atoms with Gasteiger partial charge in [0.05, 0.1) is 33.3 Å². The number of hydrogen-bond acceptors (Lipinski definition) is 5. The minimum atomic E-state index is -0.555. The smallest absolute Gasteiger partial charge is 0.254 e. The molecule has 0 aromatic heterocycles. The van der Waals surface area contributed by atoms with Gasteiger partial charge >= 0.3 is 0 Å². The van der Waals surface area contributed by atoms with Gasteiger partial charge in [-0.1, -0.05) is 44.4 Å². The third-order valence-corrected chi connectivity index (χ3v) is 7.17. The Morgan fingerprint density at radius 3 is 2.26 bits per heavy atom. The largest absolute Gasteiger partial charge is 0.493 e. The number of nitrogens with zero attached hydrogens (tertiary/aromatic N) is 1. The van der Waals surface area contributed by atoms with Crippen molar-refractivity contribution in [3.8, 4) is 17.2 Å². The number of fused-ring (bicyclic) bond motifs is 1. The first-order valence-electron chi connectivity index (χ1n) is 12.5. The van der Waals surface area contributed by atoms with Crippen LogP contribution >= 0.6 is 0 Å². The highest BCUT2D eigenvalue weighted by molar-refractivity contribution is 6.01. The van der Waals surface area contributed by atoms with Crippen LogP contribution in [-0.2, 0) is 4.79 Å². The van der Waals surface area contributed by atoms with E-state index in [9.17, 15) is 9.59 Å². The van der Waals surface area contributed by atoms with Gasteiger partial charge in [-0.25, -0.2) is 0 Å². The summed E-state index contributed by atoms with van der Waals surface area (Å²) in [4.78, 5) is 29.5. The number of carbonyl (C=O) groups excluding carboxylic acids is 2. The number of amides is 2. The maximum atomic E-state index is 14.0. The van der Waals surface area contributed by atoms with Crippen LogP contribution in [0, 0.1) is 0 Å². The van der Waals surface area contributed by atoms with Crippen molar-refractivity contribution in [2.24, 2.45) is 0 Å². The summed E-state index contributed by atoms with van der Waals surface area (Å²) in [5.41, 5.74) is 2.13. The fourth-order valence-corrected chi connectivity index (χ4v) is 5.54. The minimum Gasteiger partial charge on any atom is -0.493 e. The quantitative estimate of drug-likeness (QED) is 0.584. The maximum Gasteiger partial charge on any atom is 0.254 e. The molecule has 0 unspecified atom stereocenters. The highest BCUT2D eigenvalue weighted by atomic mass is 16.5. The van der Waals surface area contributed by atoms with Crippen LogP contribution in [0.5, 0.6) is 17.2 Å². The molecule has 35 heavy (non-hydrogen) atoms. The lowest BCUT2D eigenvalue weighted by atomic mass is 9.78. The highest BCUT2D eigenvalue weighted by Crippen LogP contribution is 2.47. The molecule has 1 fully saturated rings. The molecule has 1 aliphatic carbocycles. The van der Waals surface area contributed by atoms with E-state index in [0.717, 1.165) is 43.2 Å². The first kappa shape index (κ1) is 24.9. The summed E-state index contributed by atoms with van der Waals surface area (Å²) in [6.45, 7) is 2.57. The van der Waals surface area contributed by atoms with Gasteiger partial charge in [0.1, 0.15) is 0 Å². The summed E-state index contributed by atoms with van der Waals surface area (Å²) < 4.78 is 16.7. The van der Waals surface area contributed by atoms with Crippen LogP contribution in [0.4, 0.5) is 0 Å². The van der Waals surface area contributed by atoms with Crippen LogP contribution in [0.1, 0.15) is 78.9 Å². The Kier molecular flexibility index (Phi) is 7.83. The zero-order valence-electron chi connectivity index (χ0n) is 21.1. The topological polar surface area (TPSA) is 77.1 Å². The number of methoxy groups -OCH3 is 3. The van der Waals surface area contributed by atoms with Crippen LogP contribution in [0.15, 0.2) is 36.4 Å². The molecule has 0 spiro atoms. The lowest BCUT2D eigenvalue weighted by molar-refractivity contribution is -0.125. The molecule has 2 aliphatic rings.